The first-order chi connectivity index (χ1) is 19.5. The fourth-order valence-electron chi connectivity index (χ4n) is 10.2. The number of rotatable bonds is 9. The highest BCUT2D eigenvalue weighted by atomic mass is 16.5. The van der Waals surface area contributed by atoms with Gasteiger partial charge in [0.15, 0.2) is 0 Å². The molecule has 0 heterocycles. The van der Waals surface area contributed by atoms with E-state index in [1.165, 1.54) is 0 Å². The second kappa shape index (κ2) is 12.0. The molecule has 4 saturated carbocycles. The van der Waals surface area contributed by atoms with Crippen molar-refractivity contribution in [1.29, 1.82) is 0 Å². The molecule has 4 N–H and O–H groups in total. The number of carbonyl (C=O) groups excluding carboxylic acids is 1. The van der Waals surface area contributed by atoms with Crippen LogP contribution in [0.3, 0.4) is 0 Å². The van der Waals surface area contributed by atoms with Crippen molar-refractivity contribution < 1.29 is 29.6 Å². The smallest absolute Gasteiger partial charge is 0.220 e. The van der Waals surface area contributed by atoms with E-state index in [-0.39, 0.29) is 34.9 Å². The maximum Gasteiger partial charge on any atom is 0.220 e. The Kier molecular flexibility index (Phi) is 9.00. The van der Waals surface area contributed by atoms with Gasteiger partial charge in [-0.2, -0.15) is 0 Å². The van der Waals surface area contributed by atoms with E-state index >= 15 is 0 Å². The van der Waals surface area contributed by atoms with Gasteiger partial charge in [0.1, 0.15) is 11.5 Å². The molecular formula is C34H53NO6. The number of amides is 1. The molecule has 0 aromatic heterocycles. The lowest BCUT2D eigenvalue weighted by Crippen LogP contribution is -2.62. The normalized spacial score (nSPS) is 40.6. The van der Waals surface area contributed by atoms with Crippen molar-refractivity contribution in [2.75, 3.05) is 20.8 Å². The minimum atomic E-state index is -0.397. The van der Waals surface area contributed by atoms with Gasteiger partial charge in [0.05, 0.1) is 32.5 Å². The van der Waals surface area contributed by atoms with Crippen LogP contribution in [0.25, 0.3) is 0 Å². The van der Waals surface area contributed by atoms with Crippen LogP contribution in [0.2, 0.25) is 0 Å². The first kappa shape index (κ1) is 30.6. The second-order valence-corrected chi connectivity index (χ2v) is 14.3. The molecule has 5 rings (SSSR count). The number of fused-ring (bicyclic) bond motifs is 5. The maximum absolute atomic E-state index is 12.8. The number of aliphatic hydroxyl groups excluding tert-OH is 3. The zero-order chi connectivity index (χ0) is 29.5. The summed E-state index contributed by atoms with van der Waals surface area (Å²) in [6.07, 6.45) is 7.17. The van der Waals surface area contributed by atoms with Gasteiger partial charge >= 0.3 is 0 Å². The van der Waals surface area contributed by atoms with E-state index in [1.807, 2.05) is 18.2 Å². The van der Waals surface area contributed by atoms with Crippen molar-refractivity contribution in [3.63, 3.8) is 0 Å². The van der Waals surface area contributed by atoms with E-state index in [0.29, 0.717) is 49.0 Å². The minimum Gasteiger partial charge on any atom is -0.497 e. The van der Waals surface area contributed by atoms with E-state index in [4.69, 9.17) is 9.47 Å². The van der Waals surface area contributed by atoms with Crippen molar-refractivity contribution >= 4 is 5.91 Å². The van der Waals surface area contributed by atoms with Crippen molar-refractivity contribution in [2.24, 2.45) is 46.3 Å². The standard InChI is InChI=1S/C34H53NO6/c1-20(6-11-31(39)35-15-13-21-7-8-24(40-4)18-29(21)41-5)25-9-10-26-32-27(19-30(38)34(25,26)3)33(2)14-12-23(36)16-22(33)17-28(32)37/h7-8,18,20,22-23,25-28,30,32,36-38H,6,9-17,19H2,1-5H3,(H,35,39)/t20-,22+,23-,25-,26+,27+,28-,30+,32+,33+,34-/m1/s1. The van der Waals surface area contributed by atoms with Crippen molar-refractivity contribution in [3.8, 4) is 11.5 Å². The minimum absolute atomic E-state index is 0.0643. The third-order valence-electron chi connectivity index (χ3n) is 12.6. The quantitative estimate of drug-likeness (QED) is 0.341. The van der Waals surface area contributed by atoms with E-state index < -0.39 is 6.10 Å². The predicted octanol–water partition coefficient (Wildman–Crippen LogP) is 4.74. The van der Waals surface area contributed by atoms with Crippen LogP contribution in [0.1, 0.15) is 84.1 Å². The Morgan fingerprint density at radius 1 is 1.05 bits per heavy atom. The molecule has 1 aromatic rings. The topological polar surface area (TPSA) is 108 Å². The van der Waals surface area contributed by atoms with Crippen LogP contribution in [0.15, 0.2) is 18.2 Å². The second-order valence-electron chi connectivity index (χ2n) is 14.3. The molecule has 0 saturated heterocycles. The Labute approximate surface area is 246 Å². The number of hydrogen-bond donors (Lipinski definition) is 4. The van der Waals surface area contributed by atoms with Gasteiger partial charge in [-0.3, -0.25) is 4.79 Å². The molecule has 0 unspecified atom stereocenters. The van der Waals surface area contributed by atoms with Crippen molar-refractivity contribution in [3.05, 3.63) is 23.8 Å². The molecule has 4 aliphatic rings. The highest BCUT2D eigenvalue weighted by Crippen LogP contribution is 2.68. The summed E-state index contributed by atoms with van der Waals surface area (Å²) in [5.74, 6) is 3.39. The Morgan fingerprint density at radius 2 is 1.83 bits per heavy atom. The molecular weight excluding hydrogens is 518 g/mol. The van der Waals surface area contributed by atoms with Gasteiger partial charge in [0, 0.05) is 19.0 Å². The average Bonchev–Trinajstić information content (AvgIpc) is 3.31. The third kappa shape index (κ3) is 5.51. The summed E-state index contributed by atoms with van der Waals surface area (Å²) in [7, 11) is 3.27. The van der Waals surface area contributed by atoms with Crippen LogP contribution in [-0.2, 0) is 11.2 Å². The molecule has 7 heteroatoms. The van der Waals surface area contributed by atoms with E-state index in [2.05, 4.69) is 26.1 Å². The number of methoxy groups -OCH3 is 2. The van der Waals surface area contributed by atoms with Crippen LogP contribution in [0.5, 0.6) is 11.5 Å². The summed E-state index contributed by atoms with van der Waals surface area (Å²) in [5, 5.41) is 36.7. The highest BCUT2D eigenvalue weighted by Gasteiger charge is 2.65. The molecule has 4 aliphatic carbocycles. The number of nitrogens with one attached hydrogen (secondary N) is 1. The lowest BCUT2D eigenvalue weighted by molar-refractivity contribution is -0.207. The summed E-state index contributed by atoms with van der Waals surface area (Å²) in [6.45, 7) is 7.46. The highest BCUT2D eigenvalue weighted by molar-refractivity contribution is 5.75. The predicted molar refractivity (Wildman–Crippen MR) is 159 cm³/mol. The molecule has 230 valence electrons. The van der Waals surface area contributed by atoms with Gasteiger partial charge in [-0.05, 0) is 116 Å². The molecule has 1 aromatic carbocycles. The van der Waals surface area contributed by atoms with E-state index in [0.717, 1.165) is 68.4 Å². The maximum atomic E-state index is 12.8. The number of aliphatic hydroxyl groups is 3. The van der Waals surface area contributed by atoms with Gasteiger partial charge in [-0.25, -0.2) is 0 Å². The molecule has 7 nitrogen and oxygen atoms in total. The Hall–Kier alpha value is -1.83. The summed E-state index contributed by atoms with van der Waals surface area (Å²) >= 11 is 0. The number of hydrogen-bond acceptors (Lipinski definition) is 6. The van der Waals surface area contributed by atoms with Gasteiger partial charge in [0.2, 0.25) is 5.91 Å². The SMILES string of the molecule is COc1ccc(CCNC(=O)CC[C@@H](C)[C@H]2CC[C@H]3[C@@H]4[C@H](O)C[C@@H]5C[C@H](O)CC[C@]5(C)[C@H]4C[C@H](O)[C@]23C)c(OC)c1. The first-order valence-corrected chi connectivity index (χ1v) is 16.0. The lowest BCUT2D eigenvalue weighted by atomic mass is 9.43. The number of benzene rings is 1. The fraction of sp³-hybridized carbons (Fsp3) is 0.794. The third-order valence-corrected chi connectivity index (χ3v) is 12.6. The molecule has 1 amide bonds. The molecule has 0 bridgehead atoms. The Morgan fingerprint density at radius 3 is 2.56 bits per heavy atom. The van der Waals surface area contributed by atoms with Crippen LogP contribution < -0.4 is 14.8 Å². The summed E-state index contributed by atoms with van der Waals surface area (Å²) < 4.78 is 10.8. The summed E-state index contributed by atoms with van der Waals surface area (Å²) in [5.41, 5.74) is 0.884. The summed E-state index contributed by atoms with van der Waals surface area (Å²) in [4.78, 5) is 12.8. The molecule has 0 aliphatic heterocycles. The van der Waals surface area contributed by atoms with E-state index in [9.17, 15) is 20.1 Å². The van der Waals surface area contributed by atoms with Gasteiger partial charge in [-0.15, -0.1) is 0 Å². The zero-order valence-corrected chi connectivity index (χ0v) is 25.8. The molecule has 11 atom stereocenters. The van der Waals surface area contributed by atoms with Crippen molar-refractivity contribution in [2.45, 2.75) is 103 Å². The van der Waals surface area contributed by atoms with Gasteiger partial charge in [0.25, 0.3) is 0 Å². The summed E-state index contributed by atoms with van der Waals surface area (Å²) in [6, 6.07) is 5.74. The molecule has 0 radical (unpaired) electrons. The molecule has 4 fully saturated rings. The Bertz CT molecular complexity index is 1080. The van der Waals surface area contributed by atoms with Crippen LogP contribution in [0, 0.1) is 46.3 Å². The molecule has 41 heavy (non-hydrogen) atoms. The van der Waals surface area contributed by atoms with Crippen LogP contribution in [0.4, 0.5) is 0 Å². The first-order valence-electron chi connectivity index (χ1n) is 16.0. The lowest BCUT2D eigenvalue weighted by Gasteiger charge is -2.63. The van der Waals surface area contributed by atoms with Crippen molar-refractivity contribution in [1.82, 2.24) is 5.32 Å². The average molecular weight is 572 g/mol. The number of ether oxygens (including phenoxy) is 2. The van der Waals surface area contributed by atoms with E-state index in [1.54, 1.807) is 14.2 Å². The zero-order valence-electron chi connectivity index (χ0n) is 25.8. The van der Waals surface area contributed by atoms with Gasteiger partial charge in [-0.1, -0.05) is 26.8 Å². The number of carbonyl (C=O) groups is 1. The fourth-order valence-corrected chi connectivity index (χ4v) is 10.2. The van der Waals surface area contributed by atoms with Gasteiger partial charge < -0.3 is 30.1 Å². The molecule has 0 spiro atoms. The van der Waals surface area contributed by atoms with Crippen LogP contribution in [-0.4, -0.2) is 60.3 Å². The Balaban J connectivity index is 1.18. The largest absolute Gasteiger partial charge is 0.497 e. The monoisotopic (exact) mass is 571 g/mol. The van der Waals surface area contributed by atoms with Crippen LogP contribution >= 0.6 is 0 Å².